The van der Waals surface area contributed by atoms with E-state index in [4.69, 9.17) is 4.74 Å². The van der Waals surface area contributed by atoms with Gasteiger partial charge in [0, 0.05) is 6.54 Å². The molecule has 0 saturated heterocycles. The molecule has 23 heavy (non-hydrogen) atoms. The Balaban J connectivity index is 1.63. The van der Waals surface area contributed by atoms with Crippen LogP contribution >= 0.6 is 0 Å². The van der Waals surface area contributed by atoms with E-state index in [1.165, 1.54) is 37.5 Å². The fraction of sp³-hybridized carbons (Fsp3) is 0.450. The van der Waals surface area contributed by atoms with E-state index in [2.05, 4.69) is 18.3 Å². The van der Waals surface area contributed by atoms with Crippen LogP contribution in [0.1, 0.15) is 45.4 Å². The van der Waals surface area contributed by atoms with E-state index in [0.717, 1.165) is 24.1 Å². The van der Waals surface area contributed by atoms with Crippen molar-refractivity contribution in [3.8, 4) is 5.75 Å². The molecule has 0 heterocycles. The second-order valence-electron chi connectivity index (χ2n) is 5.92. The highest BCUT2D eigenvalue weighted by Crippen LogP contribution is 2.20. The van der Waals surface area contributed by atoms with Gasteiger partial charge in [-0.05, 0) is 29.3 Å². The highest BCUT2D eigenvalue weighted by molar-refractivity contribution is 5.84. The predicted molar refractivity (Wildman–Crippen MR) is 95.8 cm³/mol. The Morgan fingerprint density at radius 3 is 2.52 bits per heavy atom. The Kier molecular flexibility index (Phi) is 7.44. The molecule has 3 nitrogen and oxygen atoms in total. The molecule has 0 spiro atoms. The third-order valence-corrected chi connectivity index (χ3v) is 3.94. The molecule has 3 heteroatoms. The predicted octanol–water partition coefficient (Wildman–Crippen LogP) is 4.70. The normalized spacial score (nSPS) is 10.7. The minimum Gasteiger partial charge on any atom is -0.484 e. The molecular formula is C20H27NO2. The summed E-state index contributed by atoms with van der Waals surface area (Å²) in [5.41, 5.74) is 0. The van der Waals surface area contributed by atoms with Crippen molar-refractivity contribution in [3.05, 3.63) is 42.5 Å². The van der Waals surface area contributed by atoms with Crippen molar-refractivity contribution in [3.63, 3.8) is 0 Å². The SMILES string of the molecule is CCCCCCCCNC(=O)COc1ccc2ccccc2c1. The van der Waals surface area contributed by atoms with Gasteiger partial charge in [-0.25, -0.2) is 0 Å². The van der Waals surface area contributed by atoms with Crippen molar-refractivity contribution in [2.75, 3.05) is 13.2 Å². The Labute approximate surface area is 139 Å². The third kappa shape index (κ3) is 6.31. The van der Waals surface area contributed by atoms with Gasteiger partial charge in [-0.2, -0.15) is 0 Å². The summed E-state index contributed by atoms with van der Waals surface area (Å²) in [6.07, 6.45) is 7.37. The fourth-order valence-electron chi connectivity index (χ4n) is 2.59. The van der Waals surface area contributed by atoms with E-state index in [0.29, 0.717) is 0 Å². The Hall–Kier alpha value is -2.03. The van der Waals surface area contributed by atoms with Crippen molar-refractivity contribution in [2.45, 2.75) is 45.4 Å². The van der Waals surface area contributed by atoms with Crippen molar-refractivity contribution < 1.29 is 9.53 Å². The number of carbonyl (C=O) groups excluding carboxylic acids is 1. The van der Waals surface area contributed by atoms with Gasteiger partial charge in [0.1, 0.15) is 5.75 Å². The summed E-state index contributed by atoms with van der Waals surface area (Å²) >= 11 is 0. The van der Waals surface area contributed by atoms with Gasteiger partial charge in [0.25, 0.3) is 5.91 Å². The van der Waals surface area contributed by atoms with Crippen LogP contribution in [-0.2, 0) is 4.79 Å². The second kappa shape index (κ2) is 9.88. The molecule has 0 radical (unpaired) electrons. The molecule has 0 aliphatic carbocycles. The molecule has 124 valence electrons. The lowest BCUT2D eigenvalue weighted by Gasteiger charge is -2.08. The Morgan fingerprint density at radius 1 is 0.957 bits per heavy atom. The lowest BCUT2D eigenvalue weighted by atomic mass is 10.1. The third-order valence-electron chi connectivity index (χ3n) is 3.94. The number of carbonyl (C=O) groups is 1. The molecular weight excluding hydrogens is 286 g/mol. The second-order valence-corrected chi connectivity index (χ2v) is 5.92. The molecule has 0 fully saturated rings. The van der Waals surface area contributed by atoms with Crippen LogP contribution in [0.3, 0.4) is 0 Å². The molecule has 0 atom stereocenters. The van der Waals surface area contributed by atoms with E-state index >= 15 is 0 Å². The van der Waals surface area contributed by atoms with Crippen LogP contribution in [-0.4, -0.2) is 19.1 Å². The molecule has 1 amide bonds. The van der Waals surface area contributed by atoms with E-state index in [-0.39, 0.29) is 12.5 Å². The summed E-state index contributed by atoms with van der Waals surface area (Å²) in [5.74, 6) is 0.685. The smallest absolute Gasteiger partial charge is 0.257 e. The zero-order valence-electron chi connectivity index (χ0n) is 14.0. The van der Waals surface area contributed by atoms with Crippen LogP contribution in [0.4, 0.5) is 0 Å². The molecule has 0 saturated carbocycles. The molecule has 0 bridgehead atoms. The number of amides is 1. The van der Waals surface area contributed by atoms with E-state index in [9.17, 15) is 4.79 Å². The largest absolute Gasteiger partial charge is 0.484 e. The van der Waals surface area contributed by atoms with Crippen LogP contribution in [0.15, 0.2) is 42.5 Å². The first-order valence-corrected chi connectivity index (χ1v) is 8.68. The highest BCUT2D eigenvalue weighted by atomic mass is 16.5. The molecule has 0 aromatic heterocycles. The molecule has 2 aromatic rings. The maximum absolute atomic E-state index is 11.8. The molecule has 0 unspecified atom stereocenters. The summed E-state index contributed by atoms with van der Waals surface area (Å²) in [7, 11) is 0. The lowest BCUT2D eigenvalue weighted by Crippen LogP contribution is -2.29. The Bertz CT molecular complexity index is 609. The standard InChI is InChI=1S/C20H27NO2/c1-2-3-4-5-6-9-14-21-20(22)16-23-19-13-12-17-10-7-8-11-18(17)15-19/h7-8,10-13,15H,2-6,9,14,16H2,1H3,(H,21,22). The zero-order valence-corrected chi connectivity index (χ0v) is 14.0. The summed E-state index contributed by atoms with van der Waals surface area (Å²) in [6, 6.07) is 14.0. The number of hydrogen-bond donors (Lipinski definition) is 1. The quantitative estimate of drug-likeness (QED) is 0.646. The van der Waals surface area contributed by atoms with E-state index < -0.39 is 0 Å². The molecule has 2 aromatic carbocycles. The van der Waals surface area contributed by atoms with Gasteiger partial charge in [0.2, 0.25) is 0 Å². The van der Waals surface area contributed by atoms with Gasteiger partial charge in [0.15, 0.2) is 6.61 Å². The van der Waals surface area contributed by atoms with Gasteiger partial charge in [-0.1, -0.05) is 69.4 Å². The van der Waals surface area contributed by atoms with Crippen LogP contribution in [0.5, 0.6) is 5.75 Å². The average molecular weight is 313 g/mol. The van der Waals surface area contributed by atoms with Gasteiger partial charge in [-0.3, -0.25) is 4.79 Å². The van der Waals surface area contributed by atoms with Crippen molar-refractivity contribution in [1.82, 2.24) is 5.32 Å². The zero-order chi connectivity index (χ0) is 16.3. The number of hydrogen-bond acceptors (Lipinski definition) is 2. The number of benzene rings is 2. The summed E-state index contributed by atoms with van der Waals surface area (Å²) in [4.78, 5) is 11.8. The number of fused-ring (bicyclic) bond motifs is 1. The van der Waals surface area contributed by atoms with Crippen LogP contribution in [0, 0.1) is 0 Å². The van der Waals surface area contributed by atoms with Crippen molar-refractivity contribution in [1.29, 1.82) is 0 Å². The van der Waals surface area contributed by atoms with E-state index in [1.807, 2.05) is 36.4 Å². The fourth-order valence-corrected chi connectivity index (χ4v) is 2.59. The van der Waals surface area contributed by atoms with Crippen LogP contribution < -0.4 is 10.1 Å². The molecule has 0 aliphatic rings. The number of nitrogens with one attached hydrogen (secondary N) is 1. The molecule has 0 aliphatic heterocycles. The van der Waals surface area contributed by atoms with E-state index in [1.54, 1.807) is 0 Å². The first-order chi connectivity index (χ1) is 11.3. The number of rotatable bonds is 10. The van der Waals surface area contributed by atoms with Crippen LogP contribution in [0.2, 0.25) is 0 Å². The molecule has 2 rings (SSSR count). The Morgan fingerprint density at radius 2 is 1.70 bits per heavy atom. The maximum Gasteiger partial charge on any atom is 0.257 e. The van der Waals surface area contributed by atoms with Gasteiger partial charge >= 0.3 is 0 Å². The highest BCUT2D eigenvalue weighted by Gasteiger charge is 2.03. The number of unbranched alkanes of at least 4 members (excludes halogenated alkanes) is 5. The maximum atomic E-state index is 11.8. The van der Waals surface area contributed by atoms with Crippen LogP contribution in [0.25, 0.3) is 10.8 Å². The van der Waals surface area contributed by atoms with Gasteiger partial charge in [-0.15, -0.1) is 0 Å². The first kappa shape index (κ1) is 17.3. The van der Waals surface area contributed by atoms with Crippen molar-refractivity contribution >= 4 is 16.7 Å². The monoisotopic (exact) mass is 313 g/mol. The minimum absolute atomic E-state index is 0.0493. The summed E-state index contributed by atoms with van der Waals surface area (Å²) in [5, 5.41) is 5.21. The number of ether oxygens (including phenoxy) is 1. The minimum atomic E-state index is -0.0493. The first-order valence-electron chi connectivity index (χ1n) is 8.68. The van der Waals surface area contributed by atoms with Gasteiger partial charge in [0.05, 0.1) is 0 Å². The summed E-state index contributed by atoms with van der Waals surface area (Å²) < 4.78 is 5.57. The average Bonchev–Trinajstić information content (AvgIpc) is 2.59. The van der Waals surface area contributed by atoms with Gasteiger partial charge < -0.3 is 10.1 Å². The summed E-state index contributed by atoms with van der Waals surface area (Å²) in [6.45, 7) is 3.04. The van der Waals surface area contributed by atoms with Crippen molar-refractivity contribution in [2.24, 2.45) is 0 Å². The molecule has 1 N–H and O–H groups in total. The lowest BCUT2D eigenvalue weighted by molar-refractivity contribution is -0.123. The topological polar surface area (TPSA) is 38.3 Å².